The van der Waals surface area contributed by atoms with Gasteiger partial charge in [-0.25, -0.2) is 4.79 Å². The second kappa shape index (κ2) is 5.27. The average Bonchev–Trinajstić information content (AvgIpc) is 2.86. The van der Waals surface area contributed by atoms with Crippen molar-refractivity contribution in [2.75, 3.05) is 0 Å². The van der Waals surface area contributed by atoms with E-state index < -0.39 is 17.8 Å². The summed E-state index contributed by atoms with van der Waals surface area (Å²) >= 11 is 0. The second-order valence-electron chi connectivity index (χ2n) is 5.24. The van der Waals surface area contributed by atoms with Crippen LogP contribution >= 0.6 is 0 Å². The molecule has 0 bridgehead atoms. The lowest BCUT2D eigenvalue weighted by Gasteiger charge is -2.12. The normalized spacial score (nSPS) is 13.2. The molecule has 1 aliphatic rings. The van der Waals surface area contributed by atoms with E-state index in [4.69, 9.17) is 4.84 Å². The fourth-order valence-electron chi connectivity index (χ4n) is 2.59. The van der Waals surface area contributed by atoms with Gasteiger partial charge in [-0.3, -0.25) is 14.6 Å². The maximum atomic E-state index is 12.3. The first-order valence-corrected chi connectivity index (χ1v) is 7.20. The zero-order valence-electron chi connectivity index (χ0n) is 12.3. The predicted octanol–water partition coefficient (Wildman–Crippen LogP) is 2.60. The highest BCUT2D eigenvalue weighted by molar-refractivity contribution is 6.21. The van der Waals surface area contributed by atoms with Gasteiger partial charge in [0.05, 0.1) is 22.2 Å². The molecule has 2 heterocycles. The van der Waals surface area contributed by atoms with Gasteiger partial charge in [-0.1, -0.05) is 23.3 Å². The monoisotopic (exact) mass is 318 g/mol. The molecule has 0 spiro atoms. The summed E-state index contributed by atoms with van der Waals surface area (Å²) in [5.41, 5.74) is 1.40. The summed E-state index contributed by atoms with van der Waals surface area (Å²) in [6.45, 7) is 0. The van der Waals surface area contributed by atoms with Crippen molar-refractivity contribution < 1.29 is 19.2 Å². The molecule has 0 unspecified atom stereocenters. The van der Waals surface area contributed by atoms with E-state index in [1.54, 1.807) is 42.6 Å². The largest absolute Gasteiger partial charge is 0.363 e. The minimum absolute atomic E-state index is 0.220. The van der Waals surface area contributed by atoms with Crippen LogP contribution in [0.3, 0.4) is 0 Å². The van der Waals surface area contributed by atoms with E-state index in [0.717, 1.165) is 10.9 Å². The quantitative estimate of drug-likeness (QED) is 0.679. The number of rotatable bonds is 2. The lowest BCUT2D eigenvalue weighted by atomic mass is 10.1. The molecule has 1 aromatic heterocycles. The van der Waals surface area contributed by atoms with E-state index in [9.17, 15) is 14.4 Å². The average molecular weight is 318 g/mol. The molecule has 0 radical (unpaired) electrons. The second-order valence-corrected chi connectivity index (χ2v) is 5.24. The van der Waals surface area contributed by atoms with Crippen LogP contribution in [0.4, 0.5) is 0 Å². The smallest absolute Gasteiger partial charge is 0.324 e. The summed E-state index contributed by atoms with van der Waals surface area (Å²) < 4.78 is 0. The van der Waals surface area contributed by atoms with Crippen molar-refractivity contribution in [3.8, 4) is 0 Å². The first-order chi connectivity index (χ1) is 11.6. The highest BCUT2D eigenvalue weighted by Gasteiger charge is 2.38. The van der Waals surface area contributed by atoms with E-state index in [1.807, 2.05) is 0 Å². The lowest BCUT2D eigenvalue weighted by molar-refractivity contribution is -0.0584. The molecule has 1 aliphatic heterocycles. The van der Waals surface area contributed by atoms with Gasteiger partial charge in [0.1, 0.15) is 0 Å². The number of carbonyl (C=O) groups is 3. The molecule has 3 aromatic rings. The third-order valence-electron chi connectivity index (χ3n) is 3.77. The molecular formula is C18H10N2O4. The molecule has 0 aliphatic carbocycles. The van der Waals surface area contributed by atoms with Gasteiger partial charge in [0.25, 0.3) is 11.8 Å². The number of imide groups is 1. The number of hydrogen-bond donors (Lipinski definition) is 0. The maximum absolute atomic E-state index is 12.3. The van der Waals surface area contributed by atoms with E-state index in [1.165, 1.54) is 18.2 Å². The molecular weight excluding hydrogens is 308 g/mol. The minimum Gasteiger partial charge on any atom is -0.324 e. The number of pyridine rings is 1. The Bertz CT molecular complexity index is 978. The summed E-state index contributed by atoms with van der Waals surface area (Å²) in [6, 6.07) is 14.7. The number of hydroxylamine groups is 2. The van der Waals surface area contributed by atoms with Gasteiger partial charge in [-0.15, -0.1) is 0 Å². The fraction of sp³-hybridized carbons (Fsp3) is 0. The predicted molar refractivity (Wildman–Crippen MR) is 84.1 cm³/mol. The molecule has 0 saturated heterocycles. The van der Waals surface area contributed by atoms with Crippen LogP contribution in [0.25, 0.3) is 10.9 Å². The van der Waals surface area contributed by atoms with Crippen LogP contribution in [0.2, 0.25) is 0 Å². The van der Waals surface area contributed by atoms with Gasteiger partial charge in [0, 0.05) is 11.6 Å². The van der Waals surface area contributed by atoms with Crippen LogP contribution in [-0.4, -0.2) is 27.8 Å². The van der Waals surface area contributed by atoms with Gasteiger partial charge >= 0.3 is 5.97 Å². The topological polar surface area (TPSA) is 76.6 Å². The number of amides is 2. The Morgan fingerprint density at radius 1 is 0.917 bits per heavy atom. The van der Waals surface area contributed by atoms with Gasteiger partial charge in [-0.2, -0.15) is 0 Å². The molecule has 24 heavy (non-hydrogen) atoms. The molecule has 0 fully saturated rings. The number of fused-ring (bicyclic) bond motifs is 2. The zero-order valence-corrected chi connectivity index (χ0v) is 12.3. The van der Waals surface area contributed by atoms with Crippen LogP contribution in [0.15, 0.2) is 60.8 Å². The van der Waals surface area contributed by atoms with Gasteiger partial charge in [0.15, 0.2) is 0 Å². The van der Waals surface area contributed by atoms with Crippen LogP contribution < -0.4 is 0 Å². The summed E-state index contributed by atoms with van der Waals surface area (Å²) in [4.78, 5) is 45.9. The SMILES string of the molecule is O=C(ON1C(=O)c2ccccc2C1=O)c1ccc2ncccc2c1. The Morgan fingerprint density at radius 2 is 1.62 bits per heavy atom. The first kappa shape index (κ1) is 14.1. The third-order valence-corrected chi connectivity index (χ3v) is 3.77. The molecule has 6 nitrogen and oxygen atoms in total. The number of nitrogens with zero attached hydrogens (tertiary/aromatic N) is 2. The van der Waals surface area contributed by atoms with Crippen LogP contribution in [-0.2, 0) is 4.84 Å². The maximum Gasteiger partial charge on any atom is 0.363 e. The fourth-order valence-corrected chi connectivity index (χ4v) is 2.59. The van der Waals surface area contributed by atoms with Crippen molar-refractivity contribution in [3.05, 3.63) is 77.5 Å². The molecule has 0 atom stereocenters. The summed E-state index contributed by atoms with van der Waals surface area (Å²) in [5, 5.41) is 1.26. The highest BCUT2D eigenvalue weighted by Crippen LogP contribution is 2.23. The van der Waals surface area contributed by atoms with Crippen molar-refractivity contribution in [1.29, 1.82) is 0 Å². The summed E-state index contributed by atoms with van der Waals surface area (Å²) in [6.07, 6.45) is 1.65. The minimum atomic E-state index is -0.782. The summed E-state index contributed by atoms with van der Waals surface area (Å²) in [5.74, 6) is -2.08. The van der Waals surface area contributed by atoms with E-state index in [2.05, 4.69) is 4.98 Å². The summed E-state index contributed by atoms with van der Waals surface area (Å²) in [7, 11) is 0. The number of carbonyl (C=O) groups excluding carboxylic acids is 3. The van der Waals surface area contributed by atoms with E-state index in [0.29, 0.717) is 5.06 Å². The first-order valence-electron chi connectivity index (χ1n) is 7.20. The highest BCUT2D eigenvalue weighted by atomic mass is 16.7. The third kappa shape index (κ3) is 2.13. The van der Waals surface area contributed by atoms with Crippen LogP contribution in [0.1, 0.15) is 31.1 Å². The van der Waals surface area contributed by atoms with Gasteiger partial charge in [0.2, 0.25) is 0 Å². The van der Waals surface area contributed by atoms with Gasteiger partial charge < -0.3 is 4.84 Å². The molecule has 6 heteroatoms. The Labute approximate surface area is 136 Å². The Hall–Kier alpha value is -3.54. The zero-order chi connectivity index (χ0) is 16.7. The van der Waals surface area contributed by atoms with Crippen LogP contribution in [0, 0.1) is 0 Å². The van der Waals surface area contributed by atoms with Crippen molar-refractivity contribution in [2.24, 2.45) is 0 Å². The lowest BCUT2D eigenvalue weighted by Crippen LogP contribution is -2.32. The van der Waals surface area contributed by atoms with E-state index >= 15 is 0 Å². The molecule has 0 N–H and O–H groups in total. The van der Waals surface area contributed by atoms with E-state index in [-0.39, 0.29) is 16.7 Å². The van der Waals surface area contributed by atoms with Crippen LogP contribution in [0.5, 0.6) is 0 Å². The van der Waals surface area contributed by atoms with Crippen molar-refractivity contribution >= 4 is 28.7 Å². The Morgan fingerprint density at radius 3 is 2.33 bits per heavy atom. The van der Waals surface area contributed by atoms with Crippen molar-refractivity contribution in [1.82, 2.24) is 10.0 Å². The molecule has 116 valence electrons. The van der Waals surface area contributed by atoms with Gasteiger partial charge in [-0.05, 0) is 36.4 Å². The standard InChI is InChI=1S/C18H10N2O4/c21-16-13-5-1-2-6-14(13)17(22)20(16)24-18(23)12-7-8-15-11(10-12)4-3-9-19-15/h1-10H. The number of benzene rings is 2. The molecule has 0 saturated carbocycles. The molecule has 2 aromatic carbocycles. The number of hydrogen-bond acceptors (Lipinski definition) is 5. The molecule has 2 amide bonds. The Balaban J connectivity index is 1.62. The van der Waals surface area contributed by atoms with Crippen molar-refractivity contribution in [2.45, 2.75) is 0 Å². The Kier molecular flexibility index (Phi) is 3.09. The molecule has 4 rings (SSSR count). The number of aromatic nitrogens is 1. The van der Waals surface area contributed by atoms with Crippen molar-refractivity contribution in [3.63, 3.8) is 0 Å².